The number of hydrogen-bond donors (Lipinski definition) is 0. The van der Waals surface area contributed by atoms with Crippen molar-refractivity contribution in [3.05, 3.63) is 46.6 Å². The Morgan fingerprint density at radius 2 is 1.79 bits per heavy atom. The van der Waals surface area contributed by atoms with Gasteiger partial charge in [-0.15, -0.1) is 0 Å². The van der Waals surface area contributed by atoms with Gasteiger partial charge < -0.3 is 14.5 Å². The van der Waals surface area contributed by atoms with Crippen molar-refractivity contribution in [2.75, 3.05) is 37.3 Å². The molecular formula is C21H23ClF3N3O4S. The van der Waals surface area contributed by atoms with Crippen LogP contribution >= 0.6 is 11.6 Å². The first-order valence-electron chi connectivity index (χ1n) is 10.0. The number of carbonyl (C=O) groups excluding carboxylic acids is 1. The van der Waals surface area contributed by atoms with E-state index in [4.69, 9.17) is 16.3 Å². The number of sulfone groups is 1. The minimum absolute atomic E-state index is 0.00123. The first-order valence-corrected chi connectivity index (χ1v) is 12.3. The Morgan fingerprint density at radius 3 is 2.30 bits per heavy atom. The molecule has 1 saturated heterocycles. The first-order chi connectivity index (χ1) is 15.3. The molecule has 2 heterocycles. The summed E-state index contributed by atoms with van der Waals surface area (Å²) in [5.74, 6) is 0.0826. The molecule has 7 nitrogen and oxygen atoms in total. The Hall–Kier alpha value is -2.53. The van der Waals surface area contributed by atoms with E-state index in [-0.39, 0.29) is 59.3 Å². The topological polar surface area (TPSA) is 79.8 Å². The summed E-state index contributed by atoms with van der Waals surface area (Å²) in [6.45, 7) is 4.63. The van der Waals surface area contributed by atoms with Gasteiger partial charge >= 0.3 is 6.18 Å². The van der Waals surface area contributed by atoms with Gasteiger partial charge in [-0.2, -0.15) is 13.2 Å². The minimum Gasteiger partial charge on any atom is -0.490 e. The lowest BCUT2D eigenvalue weighted by molar-refractivity contribution is -0.137. The number of aromatic nitrogens is 1. The van der Waals surface area contributed by atoms with Crippen LogP contribution in [-0.2, 0) is 16.0 Å². The van der Waals surface area contributed by atoms with Crippen LogP contribution in [0.4, 0.5) is 19.0 Å². The van der Waals surface area contributed by atoms with Crippen LogP contribution in [0.2, 0.25) is 5.02 Å². The molecule has 1 fully saturated rings. The van der Waals surface area contributed by atoms with Crippen molar-refractivity contribution in [2.45, 2.75) is 31.0 Å². The highest BCUT2D eigenvalue weighted by atomic mass is 35.5. The summed E-state index contributed by atoms with van der Waals surface area (Å²) in [6.07, 6.45) is -2.99. The summed E-state index contributed by atoms with van der Waals surface area (Å²) >= 11 is 6.03. The maximum absolute atomic E-state index is 13.2. The predicted octanol–water partition coefficient (Wildman–Crippen LogP) is 3.91. The second-order valence-corrected chi connectivity index (χ2v) is 10.3. The average Bonchev–Trinajstić information content (AvgIpc) is 2.72. The van der Waals surface area contributed by atoms with Crippen LogP contribution in [0.25, 0.3) is 0 Å². The zero-order chi connectivity index (χ0) is 24.6. The Morgan fingerprint density at radius 1 is 1.15 bits per heavy atom. The summed E-state index contributed by atoms with van der Waals surface area (Å²) < 4.78 is 68.2. The number of hydrogen-bond acceptors (Lipinski definition) is 6. The number of pyridine rings is 1. The largest absolute Gasteiger partial charge is 0.490 e. The molecule has 0 N–H and O–H groups in total. The van der Waals surface area contributed by atoms with Crippen molar-refractivity contribution < 1.29 is 31.1 Å². The zero-order valence-corrected chi connectivity index (χ0v) is 19.8. The SMILES string of the molecule is CC(C)Oc1ccc(S(C)(=O)=O)cc1C(=O)N1CCN(c2ncc(C(F)(F)F)cc2Cl)CC1. The molecule has 33 heavy (non-hydrogen) atoms. The lowest BCUT2D eigenvalue weighted by Crippen LogP contribution is -2.49. The van der Waals surface area contributed by atoms with Crippen LogP contribution in [-0.4, -0.2) is 62.7 Å². The van der Waals surface area contributed by atoms with E-state index in [1.54, 1.807) is 18.7 Å². The normalized spacial score (nSPS) is 15.2. The first kappa shape index (κ1) is 25.1. The van der Waals surface area contributed by atoms with E-state index in [9.17, 15) is 26.4 Å². The van der Waals surface area contributed by atoms with Gasteiger partial charge in [-0.1, -0.05) is 11.6 Å². The molecule has 2 aromatic rings. The molecule has 0 saturated carbocycles. The van der Waals surface area contributed by atoms with Crippen molar-refractivity contribution >= 4 is 33.2 Å². The number of halogens is 4. The van der Waals surface area contributed by atoms with Gasteiger partial charge in [-0.05, 0) is 38.1 Å². The zero-order valence-electron chi connectivity index (χ0n) is 18.2. The Labute approximate surface area is 195 Å². The second-order valence-electron chi connectivity index (χ2n) is 7.90. The molecule has 0 spiro atoms. The van der Waals surface area contributed by atoms with Gasteiger partial charge in [0.15, 0.2) is 9.84 Å². The number of nitrogens with zero attached hydrogens (tertiary/aromatic N) is 3. The number of piperazine rings is 1. The lowest BCUT2D eigenvalue weighted by Gasteiger charge is -2.36. The van der Waals surface area contributed by atoms with Gasteiger partial charge in [-0.3, -0.25) is 4.79 Å². The van der Waals surface area contributed by atoms with Crippen LogP contribution in [0.15, 0.2) is 35.4 Å². The van der Waals surface area contributed by atoms with E-state index >= 15 is 0 Å². The van der Waals surface area contributed by atoms with Gasteiger partial charge in [0.2, 0.25) is 0 Å². The van der Waals surface area contributed by atoms with Crippen LogP contribution in [0.3, 0.4) is 0 Å². The summed E-state index contributed by atoms with van der Waals surface area (Å²) in [6, 6.07) is 4.98. The van der Waals surface area contributed by atoms with Crippen molar-refractivity contribution in [3.63, 3.8) is 0 Å². The molecule has 0 radical (unpaired) electrons. The molecule has 3 rings (SSSR count). The number of alkyl halides is 3. The monoisotopic (exact) mass is 505 g/mol. The van der Waals surface area contributed by atoms with Gasteiger partial charge in [0.05, 0.1) is 27.1 Å². The molecule has 1 aromatic carbocycles. The van der Waals surface area contributed by atoms with Crippen LogP contribution in [0.5, 0.6) is 5.75 Å². The third-order valence-electron chi connectivity index (χ3n) is 4.99. The predicted molar refractivity (Wildman–Crippen MR) is 118 cm³/mol. The van der Waals surface area contributed by atoms with E-state index in [0.29, 0.717) is 0 Å². The van der Waals surface area contributed by atoms with E-state index in [0.717, 1.165) is 18.5 Å². The number of anilines is 1. The highest BCUT2D eigenvalue weighted by Gasteiger charge is 2.33. The maximum atomic E-state index is 13.2. The van der Waals surface area contributed by atoms with E-state index in [1.807, 2.05) is 0 Å². The average molecular weight is 506 g/mol. The Kier molecular flexibility index (Phi) is 7.13. The quantitative estimate of drug-likeness (QED) is 0.613. The molecule has 180 valence electrons. The summed E-state index contributed by atoms with van der Waals surface area (Å²) in [5.41, 5.74) is -0.806. The molecule has 12 heteroatoms. The molecule has 0 atom stereocenters. The minimum atomic E-state index is -4.55. The maximum Gasteiger partial charge on any atom is 0.417 e. The molecule has 1 amide bonds. The standard InChI is InChI=1S/C21H23ClF3N3O4S/c1-13(2)32-18-5-4-15(33(3,30)31)11-16(18)20(29)28-8-6-27(7-9-28)19-17(22)10-14(12-26-19)21(23,24)25/h4-5,10-13H,6-9H2,1-3H3. The fraction of sp³-hybridized carbons (Fsp3) is 0.429. The molecule has 1 aliphatic heterocycles. The molecular weight excluding hydrogens is 483 g/mol. The second kappa shape index (κ2) is 9.38. The van der Waals surface area contributed by atoms with E-state index in [2.05, 4.69) is 4.98 Å². The molecule has 0 bridgehead atoms. The third kappa shape index (κ3) is 5.89. The Bertz CT molecular complexity index is 1150. The lowest BCUT2D eigenvalue weighted by atomic mass is 10.1. The summed E-state index contributed by atoms with van der Waals surface area (Å²) in [4.78, 5) is 20.3. The molecule has 0 aliphatic carbocycles. The van der Waals surface area contributed by atoms with Crippen molar-refractivity contribution in [1.29, 1.82) is 0 Å². The number of amides is 1. The number of rotatable bonds is 5. The fourth-order valence-electron chi connectivity index (χ4n) is 3.37. The summed E-state index contributed by atoms with van der Waals surface area (Å²) in [5, 5.41) is -0.127. The third-order valence-corrected chi connectivity index (χ3v) is 6.38. The van der Waals surface area contributed by atoms with Crippen molar-refractivity contribution in [1.82, 2.24) is 9.88 Å². The van der Waals surface area contributed by atoms with E-state index in [1.165, 1.54) is 23.1 Å². The van der Waals surface area contributed by atoms with Gasteiger partial charge in [0, 0.05) is 38.6 Å². The van der Waals surface area contributed by atoms with Gasteiger partial charge in [0.25, 0.3) is 5.91 Å². The van der Waals surface area contributed by atoms with E-state index < -0.39 is 27.5 Å². The molecule has 0 unspecified atom stereocenters. The van der Waals surface area contributed by atoms with Crippen LogP contribution in [0, 0.1) is 0 Å². The van der Waals surface area contributed by atoms with Crippen molar-refractivity contribution in [2.24, 2.45) is 0 Å². The highest BCUT2D eigenvalue weighted by molar-refractivity contribution is 7.90. The molecule has 1 aliphatic rings. The number of carbonyl (C=O) groups is 1. The number of ether oxygens (including phenoxy) is 1. The van der Waals surface area contributed by atoms with Crippen molar-refractivity contribution in [3.8, 4) is 5.75 Å². The van der Waals surface area contributed by atoms with Crippen LogP contribution in [0.1, 0.15) is 29.8 Å². The Balaban J connectivity index is 1.79. The van der Waals surface area contributed by atoms with Gasteiger partial charge in [-0.25, -0.2) is 13.4 Å². The van der Waals surface area contributed by atoms with Gasteiger partial charge in [0.1, 0.15) is 11.6 Å². The highest BCUT2D eigenvalue weighted by Crippen LogP contribution is 2.34. The van der Waals surface area contributed by atoms with Crippen LogP contribution < -0.4 is 9.64 Å². The number of benzene rings is 1. The fourth-order valence-corrected chi connectivity index (χ4v) is 4.31. The molecule has 1 aromatic heterocycles. The summed E-state index contributed by atoms with van der Waals surface area (Å²) in [7, 11) is -3.54. The smallest absolute Gasteiger partial charge is 0.417 e.